The number of nitrogens with one attached hydrogen (secondary N) is 2. The topological polar surface area (TPSA) is 127 Å². The van der Waals surface area contributed by atoms with Gasteiger partial charge < -0.3 is 20.5 Å². The van der Waals surface area contributed by atoms with E-state index in [1.807, 2.05) is 0 Å². The lowest BCUT2D eigenvalue weighted by atomic mass is 10.2. The highest BCUT2D eigenvalue weighted by molar-refractivity contribution is 7.14. The summed E-state index contributed by atoms with van der Waals surface area (Å²) in [5, 5.41) is 4.94. The average Bonchev–Trinajstić information content (AvgIpc) is 3.47. The van der Waals surface area contributed by atoms with Gasteiger partial charge in [0, 0.05) is 35.5 Å². The summed E-state index contributed by atoms with van der Waals surface area (Å²) in [7, 11) is 0. The fourth-order valence-corrected chi connectivity index (χ4v) is 3.46. The summed E-state index contributed by atoms with van der Waals surface area (Å²) in [4.78, 5) is 34.7. The Kier molecular flexibility index (Phi) is 5.40. The zero-order valence-corrected chi connectivity index (χ0v) is 16.3. The van der Waals surface area contributed by atoms with Gasteiger partial charge in [-0.15, -0.1) is 11.3 Å². The highest BCUT2D eigenvalue weighted by Gasteiger charge is 2.13. The Labute approximate surface area is 174 Å². The Morgan fingerprint density at radius 3 is 2.77 bits per heavy atom. The standard InChI is InChI=1S/C20H16FN5O3S/c21-13-3-1-11(2-4-13)16-9-24-18(29-16)6-5-17(27)26-20-25-15(10-30-20)12-7-14(19(22)28)23-8-12/h1-4,7-10,23H,5-6H2,(H2,22,28)(H,25,26,27). The lowest BCUT2D eigenvalue weighted by Gasteiger charge is -2.00. The van der Waals surface area contributed by atoms with Crippen LogP contribution in [0, 0.1) is 5.82 Å². The van der Waals surface area contributed by atoms with E-state index in [9.17, 15) is 14.0 Å². The molecule has 3 heterocycles. The second-order valence-corrected chi connectivity index (χ2v) is 7.24. The molecular weight excluding hydrogens is 409 g/mol. The Hall–Kier alpha value is -3.79. The first-order valence-electron chi connectivity index (χ1n) is 8.92. The van der Waals surface area contributed by atoms with Crippen molar-refractivity contribution in [3.63, 3.8) is 0 Å². The summed E-state index contributed by atoms with van der Waals surface area (Å²) in [6.45, 7) is 0. The van der Waals surface area contributed by atoms with E-state index < -0.39 is 5.91 Å². The average molecular weight is 425 g/mol. The van der Waals surface area contributed by atoms with E-state index in [1.165, 1.54) is 23.5 Å². The molecule has 0 saturated heterocycles. The molecule has 4 rings (SSSR count). The van der Waals surface area contributed by atoms with Crippen LogP contribution in [-0.2, 0) is 11.2 Å². The molecule has 1 aromatic carbocycles. The summed E-state index contributed by atoms with van der Waals surface area (Å²) >= 11 is 1.27. The van der Waals surface area contributed by atoms with Crippen LogP contribution in [0.5, 0.6) is 0 Å². The van der Waals surface area contributed by atoms with Gasteiger partial charge >= 0.3 is 0 Å². The fourth-order valence-electron chi connectivity index (χ4n) is 2.72. The van der Waals surface area contributed by atoms with E-state index in [4.69, 9.17) is 10.2 Å². The molecule has 0 spiro atoms. The first-order valence-corrected chi connectivity index (χ1v) is 9.80. The summed E-state index contributed by atoms with van der Waals surface area (Å²) in [5.41, 5.74) is 7.54. The summed E-state index contributed by atoms with van der Waals surface area (Å²) < 4.78 is 18.6. The van der Waals surface area contributed by atoms with Gasteiger partial charge in [-0.2, -0.15) is 0 Å². The molecule has 0 aliphatic heterocycles. The molecule has 152 valence electrons. The smallest absolute Gasteiger partial charge is 0.265 e. The number of primary amides is 1. The summed E-state index contributed by atoms with van der Waals surface area (Å²) in [6.07, 6.45) is 3.64. The third kappa shape index (κ3) is 4.44. The van der Waals surface area contributed by atoms with Crippen LogP contribution >= 0.6 is 11.3 Å². The molecule has 30 heavy (non-hydrogen) atoms. The van der Waals surface area contributed by atoms with Crippen LogP contribution in [0.4, 0.5) is 9.52 Å². The van der Waals surface area contributed by atoms with Crippen LogP contribution < -0.4 is 11.1 Å². The molecule has 0 fully saturated rings. The molecule has 0 bridgehead atoms. The minimum absolute atomic E-state index is 0.161. The SMILES string of the molecule is NC(=O)c1cc(-c2csc(NC(=O)CCc3ncc(-c4ccc(F)cc4)o3)n2)c[nH]1. The molecule has 0 aliphatic rings. The second kappa shape index (κ2) is 8.29. The largest absolute Gasteiger partial charge is 0.441 e. The van der Waals surface area contributed by atoms with E-state index in [0.717, 1.165) is 0 Å². The molecule has 0 aliphatic carbocycles. The van der Waals surface area contributed by atoms with E-state index in [-0.39, 0.29) is 23.8 Å². The highest BCUT2D eigenvalue weighted by atomic mass is 32.1. The van der Waals surface area contributed by atoms with E-state index >= 15 is 0 Å². The second-order valence-electron chi connectivity index (χ2n) is 6.38. The molecule has 0 saturated carbocycles. The molecule has 4 N–H and O–H groups in total. The van der Waals surface area contributed by atoms with Gasteiger partial charge in [0.2, 0.25) is 5.91 Å². The minimum atomic E-state index is -0.556. The fraction of sp³-hybridized carbons (Fsp3) is 0.100. The number of oxazole rings is 1. The maximum Gasteiger partial charge on any atom is 0.265 e. The maximum atomic E-state index is 13.0. The summed E-state index contributed by atoms with van der Waals surface area (Å²) in [5.74, 6) is -0.193. The van der Waals surface area contributed by atoms with Gasteiger partial charge in [-0.25, -0.2) is 14.4 Å². The number of hydrogen-bond donors (Lipinski definition) is 3. The number of amides is 2. The van der Waals surface area contributed by atoms with E-state index in [0.29, 0.717) is 40.0 Å². The molecular formula is C20H16FN5O3S. The number of carbonyl (C=O) groups excluding carboxylic acids is 2. The zero-order valence-electron chi connectivity index (χ0n) is 15.5. The lowest BCUT2D eigenvalue weighted by Crippen LogP contribution is -2.12. The Bertz CT molecular complexity index is 1200. The molecule has 8 nitrogen and oxygen atoms in total. The highest BCUT2D eigenvalue weighted by Crippen LogP contribution is 2.26. The number of aryl methyl sites for hydroxylation is 1. The van der Waals surface area contributed by atoms with Crippen molar-refractivity contribution in [1.82, 2.24) is 15.0 Å². The van der Waals surface area contributed by atoms with Crippen LogP contribution in [0.25, 0.3) is 22.6 Å². The van der Waals surface area contributed by atoms with Gasteiger partial charge in [-0.1, -0.05) is 0 Å². The number of aromatic amines is 1. The third-order valence-electron chi connectivity index (χ3n) is 4.24. The predicted molar refractivity (Wildman–Crippen MR) is 109 cm³/mol. The molecule has 10 heteroatoms. The zero-order chi connectivity index (χ0) is 21.1. The van der Waals surface area contributed by atoms with Crippen molar-refractivity contribution in [2.45, 2.75) is 12.8 Å². The van der Waals surface area contributed by atoms with Crippen LogP contribution in [0.15, 0.2) is 52.5 Å². The molecule has 4 aromatic rings. The number of anilines is 1. The van der Waals surface area contributed by atoms with Crippen molar-refractivity contribution >= 4 is 28.3 Å². The van der Waals surface area contributed by atoms with Gasteiger partial charge in [0.15, 0.2) is 16.8 Å². The normalized spacial score (nSPS) is 10.8. The van der Waals surface area contributed by atoms with Crippen molar-refractivity contribution in [3.05, 3.63) is 65.5 Å². The number of rotatable bonds is 7. The van der Waals surface area contributed by atoms with E-state index in [2.05, 4.69) is 20.3 Å². The van der Waals surface area contributed by atoms with Crippen molar-refractivity contribution in [2.24, 2.45) is 5.73 Å². The van der Waals surface area contributed by atoms with Crippen molar-refractivity contribution in [3.8, 4) is 22.6 Å². The first kappa shape index (κ1) is 19.5. The number of halogens is 1. The Morgan fingerprint density at radius 2 is 2.03 bits per heavy atom. The van der Waals surface area contributed by atoms with Crippen LogP contribution in [-0.4, -0.2) is 26.8 Å². The number of hydrogen-bond acceptors (Lipinski definition) is 6. The molecule has 2 amide bonds. The number of thiazole rings is 1. The number of H-pyrrole nitrogens is 1. The Morgan fingerprint density at radius 1 is 1.23 bits per heavy atom. The lowest BCUT2D eigenvalue weighted by molar-refractivity contribution is -0.116. The van der Waals surface area contributed by atoms with Gasteiger partial charge in [0.1, 0.15) is 11.5 Å². The van der Waals surface area contributed by atoms with Crippen molar-refractivity contribution in [2.75, 3.05) is 5.32 Å². The minimum Gasteiger partial charge on any atom is -0.441 e. The number of benzene rings is 1. The van der Waals surface area contributed by atoms with Gasteiger partial charge in [-0.05, 0) is 30.3 Å². The number of nitrogens with zero attached hydrogens (tertiary/aromatic N) is 2. The molecule has 0 radical (unpaired) electrons. The van der Waals surface area contributed by atoms with Crippen LogP contribution in [0.1, 0.15) is 22.8 Å². The number of nitrogens with two attached hydrogens (primary N) is 1. The molecule has 0 unspecified atom stereocenters. The monoisotopic (exact) mass is 425 g/mol. The van der Waals surface area contributed by atoms with E-state index in [1.54, 1.807) is 36.0 Å². The molecule has 0 atom stereocenters. The first-order chi connectivity index (χ1) is 14.5. The number of aromatic nitrogens is 3. The third-order valence-corrected chi connectivity index (χ3v) is 5.00. The summed E-state index contributed by atoms with van der Waals surface area (Å²) in [6, 6.07) is 7.49. The van der Waals surface area contributed by atoms with Crippen molar-refractivity contribution < 1.29 is 18.4 Å². The van der Waals surface area contributed by atoms with Crippen LogP contribution in [0.3, 0.4) is 0 Å². The molecule has 3 aromatic heterocycles. The Balaban J connectivity index is 1.32. The maximum absolute atomic E-state index is 13.0. The van der Waals surface area contributed by atoms with Gasteiger partial charge in [-0.3, -0.25) is 9.59 Å². The predicted octanol–water partition coefficient (Wildman–Crippen LogP) is 3.60. The van der Waals surface area contributed by atoms with Gasteiger partial charge in [0.25, 0.3) is 5.91 Å². The van der Waals surface area contributed by atoms with Crippen molar-refractivity contribution in [1.29, 1.82) is 0 Å². The quantitative estimate of drug-likeness (QED) is 0.417. The van der Waals surface area contributed by atoms with Gasteiger partial charge in [0.05, 0.1) is 11.9 Å². The number of carbonyl (C=O) groups is 2. The van der Waals surface area contributed by atoms with Crippen LogP contribution in [0.2, 0.25) is 0 Å².